The van der Waals surface area contributed by atoms with Crippen LogP contribution in [0.25, 0.3) is 0 Å². The van der Waals surface area contributed by atoms with Crippen LogP contribution in [0.3, 0.4) is 0 Å². The fourth-order valence-corrected chi connectivity index (χ4v) is 4.65. The van der Waals surface area contributed by atoms with Crippen LogP contribution in [0, 0.1) is 5.92 Å². The zero-order chi connectivity index (χ0) is 17.0. The number of benzene rings is 1. The lowest BCUT2D eigenvalue weighted by atomic mass is 10.2. The fourth-order valence-electron chi connectivity index (χ4n) is 3.01. The number of anilines is 1. The van der Waals surface area contributed by atoms with E-state index >= 15 is 0 Å². The van der Waals surface area contributed by atoms with E-state index in [4.69, 9.17) is 0 Å². The molecule has 0 saturated carbocycles. The Kier molecular flexibility index (Phi) is 5.68. The minimum atomic E-state index is -3.32. The summed E-state index contributed by atoms with van der Waals surface area (Å²) in [6.07, 6.45) is 1.01. The first kappa shape index (κ1) is 17.8. The second-order valence-electron chi connectivity index (χ2n) is 6.67. The molecule has 5 nitrogen and oxygen atoms in total. The predicted octanol–water partition coefficient (Wildman–Crippen LogP) is 1.62. The SMILES string of the molecule is CC(C)CS(=O)(=O)CC(=O)NCC(C)N1CCc2ccccc21. The van der Waals surface area contributed by atoms with E-state index in [1.54, 1.807) is 0 Å². The summed E-state index contributed by atoms with van der Waals surface area (Å²) in [6, 6.07) is 8.40. The first-order chi connectivity index (χ1) is 10.8. The second kappa shape index (κ2) is 7.34. The van der Waals surface area contributed by atoms with Gasteiger partial charge in [-0.25, -0.2) is 8.42 Å². The predicted molar refractivity (Wildman–Crippen MR) is 93.5 cm³/mol. The van der Waals surface area contributed by atoms with Crippen LogP contribution in [-0.2, 0) is 21.1 Å². The van der Waals surface area contributed by atoms with Crippen molar-refractivity contribution in [2.75, 3.05) is 29.5 Å². The smallest absolute Gasteiger partial charge is 0.235 e. The van der Waals surface area contributed by atoms with Crippen molar-refractivity contribution in [1.29, 1.82) is 0 Å². The molecule has 23 heavy (non-hydrogen) atoms. The second-order valence-corrected chi connectivity index (χ2v) is 8.78. The molecule has 0 aliphatic carbocycles. The number of amides is 1. The Morgan fingerprint density at radius 2 is 1.96 bits per heavy atom. The van der Waals surface area contributed by atoms with Crippen LogP contribution in [-0.4, -0.2) is 45.0 Å². The van der Waals surface area contributed by atoms with Crippen LogP contribution in [0.15, 0.2) is 24.3 Å². The quantitative estimate of drug-likeness (QED) is 0.820. The number of nitrogens with zero attached hydrogens (tertiary/aromatic N) is 1. The van der Waals surface area contributed by atoms with E-state index in [9.17, 15) is 13.2 Å². The molecule has 0 radical (unpaired) electrons. The molecule has 0 fully saturated rings. The van der Waals surface area contributed by atoms with Crippen LogP contribution < -0.4 is 10.2 Å². The Morgan fingerprint density at radius 1 is 1.26 bits per heavy atom. The summed E-state index contributed by atoms with van der Waals surface area (Å²) < 4.78 is 23.7. The Labute approximate surface area is 139 Å². The molecule has 1 N–H and O–H groups in total. The number of para-hydroxylation sites is 1. The summed E-state index contributed by atoms with van der Waals surface area (Å²) in [4.78, 5) is 14.2. The molecule has 2 rings (SSSR count). The molecule has 1 heterocycles. The molecule has 1 amide bonds. The molecule has 6 heteroatoms. The van der Waals surface area contributed by atoms with Crippen LogP contribution in [0.2, 0.25) is 0 Å². The number of rotatable bonds is 7. The van der Waals surface area contributed by atoms with E-state index in [-0.39, 0.29) is 17.7 Å². The standard InChI is InChI=1S/C17H26N2O3S/c1-13(2)11-23(21,22)12-17(20)18-10-14(3)19-9-8-15-6-4-5-7-16(15)19/h4-7,13-14H,8-12H2,1-3H3,(H,18,20). The summed E-state index contributed by atoms with van der Waals surface area (Å²) >= 11 is 0. The zero-order valence-corrected chi connectivity index (χ0v) is 14.9. The molecule has 128 valence electrons. The lowest BCUT2D eigenvalue weighted by Gasteiger charge is -2.27. The van der Waals surface area contributed by atoms with Crippen molar-refractivity contribution in [3.63, 3.8) is 0 Å². The van der Waals surface area contributed by atoms with Gasteiger partial charge in [0.05, 0.1) is 5.75 Å². The molecule has 0 bridgehead atoms. The summed E-state index contributed by atoms with van der Waals surface area (Å²) in [7, 11) is -3.32. The summed E-state index contributed by atoms with van der Waals surface area (Å²) in [6.45, 7) is 7.10. The van der Waals surface area contributed by atoms with Crippen LogP contribution in [0.5, 0.6) is 0 Å². The van der Waals surface area contributed by atoms with Crippen molar-refractivity contribution < 1.29 is 13.2 Å². The first-order valence-corrected chi connectivity index (χ1v) is 9.92. The van der Waals surface area contributed by atoms with Gasteiger partial charge >= 0.3 is 0 Å². The number of carbonyl (C=O) groups is 1. The number of hydrogen-bond donors (Lipinski definition) is 1. The summed E-state index contributed by atoms with van der Waals surface area (Å²) in [5.41, 5.74) is 2.53. The van der Waals surface area contributed by atoms with Crippen molar-refractivity contribution >= 4 is 21.4 Å². The van der Waals surface area contributed by atoms with Crippen LogP contribution in [0.4, 0.5) is 5.69 Å². The van der Waals surface area contributed by atoms with Gasteiger partial charge in [0.1, 0.15) is 5.75 Å². The van der Waals surface area contributed by atoms with Gasteiger partial charge in [0.2, 0.25) is 5.91 Å². The van der Waals surface area contributed by atoms with Gasteiger partial charge in [-0.05, 0) is 30.9 Å². The van der Waals surface area contributed by atoms with E-state index in [0.717, 1.165) is 13.0 Å². The Balaban J connectivity index is 1.86. The minimum absolute atomic E-state index is 0.0350. The fraction of sp³-hybridized carbons (Fsp3) is 0.588. The molecule has 1 aliphatic heterocycles. The number of carbonyl (C=O) groups excluding carboxylic acids is 1. The average Bonchev–Trinajstić information content (AvgIpc) is 2.86. The van der Waals surface area contributed by atoms with Gasteiger partial charge in [0, 0.05) is 24.8 Å². The molecule has 0 saturated heterocycles. The highest BCUT2D eigenvalue weighted by atomic mass is 32.2. The number of fused-ring (bicyclic) bond motifs is 1. The summed E-state index contributed by atoms with van der Waals surface area (Å²) in [5.74, 6) is -0.748. The van der Waals surface area contributed by atoms with Crippen molar-refractivity contribution in [3.05, 3.63) is 29.8 Å². The van der Waals surface area contributed by atoms with Gasteiger partial charge in [-0.15, -0.1) is 0 Å². The van der Waals surface area contributed by atoms with Crippen LogP contribution >= 0.6 is 0 Å². The van der Waals surface area contributed by atoms with Gasteiger partial charge < -0.3 is 10.2 Å². The number of sulfone groups is 1. The number of hydrogen-bond acceptors (Lipinski definition) is 4. The molecule has 0 spiro atoms. The van der Waals surface area contributed by atoms with Gasteiger partial charge in [-0.2, -0.15) is 0 Å². The van der Waals surface area contributed by atoms with E-state index in [1.807, 2.05) is 32.9 Å². The van der Waals surface area contributed by atoms with E-state index < -0.39 is 21.5 Å². The monoisotopic (exact) mass is 338 g/mol. The first-order valence-electron chi connectivity index (χ1n) is 8.10. The third-order valence-corrected chi connectivity index (χ3v) is 5.86. The van der Waals surface area contributed by atoms with Gasteiger partial charge in [0.15, 0.2) is 9.84 Å². The number of nitrogens with one attached hydrogen (secondary N) is 1. The molecule has 1 aliphatic rings. The molecule has 1 aromatic rings. The lowest BCUT2D eigenvalue weighted by molar-refractivity contribution is -0.118. The average molecular weight is 338 g/mol. The largest absolute Gasteiger partial charge is 0.366 e. The van der Waals surface area contributed by atoms with Crippen molar-refractivity contribution in [1.82, 2.24) is 5.32 Å². The molecular formula is C17H26N2O3S. The molecular weight excluding hydrogens is 312 g/mol. The van der Waals surface area contributed by atoms with E-state index in [2.05, 4.69) is 22.3 Å². The highest BCUT2D eigenvalue weighted by Gasteiger charge is 2.24. The van der Waals surface area contributed by atoms with Gasteiger partial charge in [0.25, 0.3) is 0 Å². The van der Waals surface area contributed by atoms with E-state index in [1.165, 1.54) is 11.3 Å². The molecule has 1 unspecified atom stereocenters. The normalized spacial score (nSPS) is 15.6. The Bertz CT molecular complexity index is 656. The van der Waals surface area contributed by atoms with Crippen LogP contribution in [0.1, 0.15) is 26.3 Å². The van der Waals surface area contributed by atoms with Gasteiger partial charge in [-0.1, -0.05) is 32.0 Å². The van der Waals surface area contributed by atoms with Crippen molar-refractivity contribution in [3.8, 4) is 0 Å². The zero-order valence-electron chi connectivity index (χ0n) is 14.1. The minimum Gasteiger partial charge on any atom is -0.366 e. The maximum atomic E-state index is 11.9. The van der Waals surface area contributed by atoms with Gasteiger partial charge in [-0.3, -0.25) is 4.79 Å². The third kappa shape index (κ3) is 4.96. The van der Waals surface area contributed by atoms with E-state index in [0.29, 0.717) is 6.54 Å². The van der Waals surface area contributed by atoms with Crippen molar-refractivity contribution in [2.45, 2.75) is 33.2 Å². The molecule has 1 atom stereocenters. The third-order valence-electron chi connectivity index (χ3n) is 3.99. The topological polar surface area (TPSA) is 66.5 Å². The Hall–Kier alpha value is -1.56. The molecule has 0 aromatic heterocycles. The summed E-state index contributed by atoms with van der Waals surface area (Å²) in [5, 5.41) is 2.76. The highest BCUT2D eigenvalue weighted by molar-refractivity contribution is 7.92. The lowest BCUT2D eigenvalue weighted by Crippen LogP contribution is -2.43. The Morgan fingerprint density at radius 3 is 2.65 bits per heavy atom. The highest BCUT2D eigenvalue weighted by Crippen LogP contribution is 2.28. The molecule has 1 aromatic carbocycles. The maximum absolute atomic E-state index is 11.9. The maximum Gasteiger partial charge on any atom is 0.235 e. The van der Waals surface area contributed by atoms with Crippen molar-refractivity contribution in [2.24, 2.45) is 5.92 Å².